The molecule has 0 spiro atoms. The van der Waals surface area contributed by atoms with Crippen LogP contribution in [0.4, 0.5) is 0 Å². The number of ether oxygens (including phenoxy) is 1. The van der Waals surface area contributed by atoms with Gasteiger partial charge in [-0.15, -0.1) is 0 Å². The first-order chi connectivity index (χ1) is 10.2. The Morgan fingerprint density at radius 2 is 2.00 bits per heavy atom. The minimum absolute atomic E-state index is 0.00960. The first-order valence-corrected chi connectivity index (χ1v) is 7.38. The Kier molecular flexibility index (Phi) is 3.99. The fraction of sp³-hybridized carbons (Fsp3) is 0.438. The summed E-state index contributed by atoms with van der Waals surface area (Å²) < 4.78 is 6.75. The second-order valence-electron chi connectivity index (χ2n) is 5.44. The molecule has 5 nitrogen and oxygen atoms in total. The van der Waals surface area contributed by atoms with Crippen molar-refractivity contribution in [3.05, 3.63) is 40.9 Å². The molecule has 1 heterocycles. The van der Waals surface area contributed by atoms with Crippen LogP contribution in [0.1, 0.15) is 32.1 Å². The van der Waals surface area contributed by atoms with Crippen molar-refractivity contribution in [2.24, 2.45) is 0 Å². The van der Waals surface area contributed by atoms with Gasteiger partial charge < -0.3 is 4.74 Å². The summed E-state index contributed by atoms with van der Waals surface area (Å²) in [7, 11) is 0. The largest absolute Gasteiger partial charge is 0.461 e. The average Bonchev–Trinajstić information content (AvgIpc) is 2.51. The lowest BCUT2D eigenvalue weighted by molar-refractivity contribution is -0.151. The molecule has 0 amide bonds. The normalized spacial score (nSPS) is 16.0. The van der Waals surface area contributed by atoms with Crippen LogP contribution in [0.5, 0.6) is 0 Å². The minimum atomic E-state index is -0.360. The molecule has 21 heavy (non-hydrogen) atoms. The van der Waals surface area contributed by atoms with Crippen molar-refractivity contribution >= 4 is 16.9 Å². The lowest BCUT2D eigenvalue weighted by Crippen LogP contribution is -2.28. The Bertz CT molecular complexity index is 702. The van der Waals surface area contributed by atoms with Gasteiger partial charge in [-0.25, -0.2) is 4.98 Å². The zero-order valence-electron chi connectivity index (χ0n) is 11.8. The van der Waals surface area contributed by atoms with Crippen LogP contribution in [0, 0.1) is 0 Å². The van der Waals surface area contributed by atoms with Crippen molar-refractivity contribution in [3.8, 4) is 0 Å². The van der Waals surface area contributed by atoms with Crippen LogP contribution < -0.4 is 5.56 Å². The summed E-state index contributed by atoms with van der Waals surface area (Å²) >= 11 is 0. The van der Waals surface area contributed by atoms with Gasteiger partial charge in [-0.3, -0.25) is 14.2 Å². The van der Waals surface area contributed by atoms with Gasteiger partial charge in [-0.05, 0) is 37.8 Å². The number of nitrogens with zero attached hydrogens (tertiary/aromatic N) is 2. The number of para-hydroxylation sites is 1. The molecule has 0 aliphatic heterocycles. The van der Waals surface area contributed by atoms with E-state index in [1.165, 1.54) is 17.3 Å². The van der Waals surface area contributed by atoms with Crippen LogP contribution in [0.15, 0.2) is 35.4 Å². The van der Waals surface area contributed by atoms with Gasteiger partial charge in [0.15, 0.2) is 0 Å². The van der Waals surface area contributed by atoms with E-state index >= 15 is 0 Å². The summed E-state index contributed by atoms with van der Waals surface area (Å²) in [6.07, 6.45) is 6.70. The van der Waals surface area contributed by atoms with E-state index in [1.807, 2.05) is 6.07 Å². The molecule has 3 rings (SSSR count). The highest BCUT2D eigenvalue weighted by Gasteiger charge is 2.18. The highest BCUT2D eigenvalue weighted by Crippen LogP contribution is 2.20. The van der Waals surface area contributed by atoms with E-state index in [1.54, 1.807) is 18.2 Å². The number of rotatable bonds is 3. The van der Waals surface area contributed by atoms with E-state index < -0.39 is 0 Å². The van der Waals surface area contributed by atoms with Crippen LogP contribution in [0.2, 0.25) is 0 Å². The van der Waals surface area contributed by atoms with E-state index in [-0.39, 0.29) is 24.2 Å². The molecule has 1 saturated carbocycles. The molecule has 110 valence electrons. The van der Waals surface area contributed by atoms with E-state index in [9.17, 15) is 9.59 Å². The fourth-order valence-electron chi connectivity index (χ4n) is 2.76. The number of esters is 1. The summed E-state index contributed by atoms with van der Waals surface area (Å²) in [5, 5.41) is 0.519. The lowest BCUT2D eigenvalue weighted by Gasteiger charge is -2.21. The fourth-order valence-corrected chi connectivity index (χ4v) is 2.76. The molecule has 1 aromatic heterocycles. The zero-order chi connectivity index (χ0) is 14.7. The molecule has 0 radical (unpaired) electrons. The Morgan fingerprint density at radius 3 is 2.81 bits per heavy atom. The molecule has 1 aliphatic rings. The topological polar surface area (TPSA) is 61.2 Å². The van der Waals surface area contributed by atoms with Gasteiger partial charge in [-0.2, -0.15) is 0 Å². The first kappa shape index (κ1) is 13.8. The van der Waals surface area contributed by atoms with E-state index in [4.69, 9.17) is 4.74 Å². The molecule has 1 aliphatic carbocycles. The molecule has 5 heteroatoms. The predicted octanol–water partition coefficient (Wildman–Crippen LogP) is 2.27. The zero-order valence-corrected chi connectivity index (χ0v) is 11.8. The molecule has 0 saturated heterocycles. The number of hydrogen-bond donors (Lipinski definition) is 0. The van der Waals surface area contributed by atoms with Crippen LogP contribution in [-0.2, 0) is 16.1 Å². The van der Waals surface area contributed by atoms with E-state index in [0.29, 0.717) is 10.9 Å². The number of aromatic nitrogens is 2. The second-order valence-corrected chi connectivity index (χ2v) is 5.44. The van der Waals surface area contributed by atoms with Crippen molar-refractivity contribution in [1.29, 1.82) is 0 Å². The quantitative estimate of drug-likeness (QED) is 0.812. The average molecular weight is 286 g/mol. The van der Waals surface area contributed by atoms with Crippen molar-refractivity contribution in [1.82, 2.24) is 9.55 Å². The number of hydrogen-bond acceptors (Lipinski definition) is 4. The van der Waals surface area contributed by atoms with Gasteiger partial charge in [0.1, 0.15) is 12.6 Å². The van der Waals surface area contributed by atoms with Gasteiger partial charge in [0, 0.05) is 0 Å². The Morgan fingerprint density at radius 1 is 1.24 bits per heavy atom. The Labute approximate surface area is 122 Å². The summed E-state index contributed by atoms with van der Waals surface area (Å²) in [5.41, 5.74) is 0.431. The summed E-state index contributed by atoms with van der Waals surface area (Å²) in [4.78, 5) is 28.4. The summed E-state index contributed by atoms with van der Waals surface area (Å²) in [6.45, 7) is -0.0762. The van der Waals surface area contributed by atoms with Crippen molar-refractivity contribution in [3.63, 3.8) is 0 Å². The number of fused-ring (bicyclic) bond motifs is 1. The Balaban J connectivity index is 1.73. The van der Waals surface area contributed by atoms with Crippen LogP contribution in [-0.4, -0.2) is 21.6 Å². The molecule has 0 N–H and O–H groups in total. The summed E-state index contributed by atoms with van der Waals surface area (Å²) in [5.74, 6) is -0.360. The van der Waals surface area contributed by atoms with Gasteiger partial charge in [0.25, 0.3) is 5.56 Å². The molecule has 1 fully saturated rings. The predicted molar refractivity (Wildman–Crippen MR) is 79.0 cm³/mol. The lowest BCUT2D eigenvalue weighted by atomic mass is 9.98. The monoisotopic (exact) mass is 286 g/mol. The Hall–Kier alpha value is -2.17. The van der Waals surface area contributed by atoms with Gasteiger partial charge in [-0.1, -0.05) is 18.6 Å². The SMILES string of the molecule is O=C(Cn1cnc2ccccc2c1=O)OC1CCCCC1. The maximum atomic E-state index is 12.3. The minimum Gasteiger partial charge on any atom is -0.461 e. The molecule has 0 atom stereocenters. The summed E-state index contributed by atoms with van der Waals surface area (Å²) in [6, 6.07) is 7.11. The maximum absolute atomic E-state index is 12.3. The van der Waals surface area contributed by atoms with Crippen molar-refractivity contribution in [2.45, 2.75) is 44.8 Å². The van der Waals surface area contributed by atoms with Crippen LogP contribution in [0.25, 0.3) is 10.9 Å². The third kappa shape index (κ3) is 3.12. The number of carbonyl (C=O) groups excluding carboxylic acids is 1. The molecular formula is C16H18N2O3. The molecule has 0 unspecified atom stereocenters. The van der Waals surface area contributed by atoms with Crippen molar-refractivity contribution in [2.75, 3.05) is 0 Å². The highest BCUT2D eigenvalue weighted by atomic mass is 16.5. The van der Waals surface area contributed by atoms with Crippen molar-refractivity contribution < 1.29 is 9.53 Å². The highest BCUT2D eigenvalue weighted by molar-refractivity contribution is 5.77. The molecule has 2 aromatic rings. The van der Waals surface area contributed by atoms with Gasteiger partial charge in [0.2, 0.25) is 0 Å². The van der Waals surface area contributed by atoms with E-state index in [2.05, 4.69) is 4.98 Å². The first-order valence-electron chi connectivity index (χ1n) is 7.38. The second kappa shape index (κ2) is 6.08. The van der Waals surface area contributed by atoms with E-state index in [0.717, 1.165) is 25.7 Å². The third-order valence-corrected chi connectivity index (χ3v) is 3.88. The van der Waals surface area contributed by atoms with Gasteiger partial charge in [0.05, 0.1) is 17.2 Å². The molecule has 0 bridgehead atoms. The number of carbonyl (C=O) groups is 1. The number of benzene rings is 1. The van der Waals surface area contributed by atoms with Gasteiger partial charge >= 0.3 is 5.97 Å². The smallest absolute Gasteiger partial charge is 0.326 e. The third-order valence-electron chi connectivity index (χ3n) is 3.88. The van der Waals surface area contributed by atoms with Crippen LogP contribution >= 0.6 is 0 Å². The standard InChI is InChI=1S/C16H18N2O3/c19-15(21-12-6-2-1-3-7-12)10-18-11-17-14-9-5-4-8-13(14)16(18)20/h4-5,8-9,11-12H,1-3,6-7,10H2. The van der Waals surface area contributed by atoms with Crippen LogP contribution in [0.3, 0.4) is 0 Å². The maximum Gasteiger partial charge on any atom is 0.326 e. The molecular weight excluding hydrogens is 268 g/mol. The molecule has 1 aromatic carbocycles.